The highest BCUT2D eigenvalue weighted by Gasteiger charge is 2.20. The van der Waals surface area contributed by atoms with E-state index < -0.39 is 0 Å². The van der Waals surface area contributed by atoms with Crippen LogP contribution in [0, 0.1) is 5.82 Å². The molecule has 126 valence electrons. The van der Waals surface area contributed by atoms with Gasteiger partial charge in [-0.15, -0.1) is 0 Å². The van der Waals surface area contributed by atoms with Crippen molar-refractivity contribution in [3.63, 3.8) is 0 Å². The fourth-order valence-electron chi connectivity index (χ4n) is 3.00. The molecule has 24 heavy (non-hydrogen) atoms. The molecule has 1 fully saturated rings. The number of hydrogen-bond acceptors (Lipinski definition) is 3. The van der Waals surface area contributed by atoms with Crippen LogP contribution >= 0.6 is 0 Å². The number of halogens is 1. The minimum atomic E-state index is -0.314. The second kappa shape index (κ2) is 7.53. The molecule has 1 aromatic carbocycles. The first-order valence-electron chi connectivity index (χ1n) is 8.27. The average Bonchev–Trinajstić information content (AvgIpc) is 2.81. The van der Waals surface area contributed by atoms with Crippen molar-refractivity contribution >= 4 is 5.91 Å². The number of nitrogens with zero attached hydrogens (tertiary/aromatic N) is 2. The fourth-order valence-corrected chi connectivity index (χ4v) is 3.00. The lowest BCUT2D eigenvalue weighted by molar-refractivity contribution is 0.0752. The summed E-state index contributed by atoms with van der Waals surface area (Å²) in [4.78, 5) is 18.6. The molecule has 2 aromatic rings. The van der Waals surface area contributed by atoms with E-state index in [-0.39, 0.29) is 17.8 Å². The highest BCUT2D eigenvalue weighted by Crippen LogP contribution is 2.16. The number of carbonyl (C=O) groups excluding carboxylic acids is 1. The maximum absolute atomic E-state index is 13.0. The number of rotatable bonds is 3. The molecule has 4 nitrogen and oxygen atoms in total. The smallest absolute Gasteiger partial charge is 0.255 e. The van der Waals surface area contributed by atoms with Gasteiger partial charge in [0.2, 0.25) is 0 Å². The minimum Gasteiger partial charge on any atom is -0.393 e. The number of likely N-dealkylation sites (tertiary alicyclic amines) is 1. The summed E-state index contributed by atoms with van der Waals surface area (Å²) in [6.45, 7) is 1.24. The number of aliphatic hydroxyl groups excluding tert-OH is 1. The van der Waals surface area contributed by atoms with Gasteiger partial charge in [-0.05, 0) is 55.0 Å². The molecule has 1 atom stereocenters. The van der Waals surface area contributed by atoms with E-state index in [2.05, 4.69) is 4.98 Å². The van der Waals surface area contributed by atoms with Gasteiger partial charge in [-0.3, -0.25) is 9.78 Å². The predicted molar refractivity (Wildman–Crippen MR) is 89.2 cm³/mol. The van der Waals surface area contributed by atoms with E-state index in [0.717, 1.165) is 24.0 Å². The lowest BCUT2D eigenvalue weighted by Crippen LogP contribution is -2.32. The molecule has 0 aliphatic carbocycles. The number of hydrogen-bond donors (Lipinski definition) is 1. The SMILES string of the molecule is O=C(c1cncc(Cc2ccc(F)cc2)c1)N1CCCC(O)CC1. The van der Waals surface area contributed by atoms with Gasteiger partial charge in [0.05, 0.1) is 11.7 Å². The monoisotopic (exact) mass is 328 g/mol. The lowest BCUT2D eigenvalue weighted by Gasteiger charge is -2.20. The summed E-state index contributed by atoms with van der Waals surface area (Å²) in [5.41, 5.74) is 2.45. The zero-order valence-corrected chi connectivity index (χ0v) is 13.5. The van der Waals surface area contributed by atoms with Crippen LogP contribution in [0.3, 0.4) is 0 Å². The Balaban J connectivity index is 1.72. The van der Waals surface area contributed by atoms with Gasteiger partial charge in [0.25, 0.3) is 5.91 Å². The first-order chi connectivity index (χ1) is 11.6. The van der Waals surface area contributed by atoms with E-state index in [1.807, 2.05) is 6.07 Å². The third kappa shape index (κ3) is 4.17. The van der Waals surface area contributed by atoms with Gasteiger partial charge in [-0.1, -0.05) is 12.1 Å². The van der Waals surface area contributed by atoms with E-state index in [1.54, 1.807) is 29.4 Å². The summed E-state index contributed by atoms with van der Waals surface area (Å²) in [6, 6.07) is 8.18. The van der Waals surface area contributed by atoms with Crippen LogP contribution in [0.25, 0.3) is 0 Å². The zero-order valence-electron chi connectivity index (χ0n) is 13.5. The Kier molecular flexibility index (Phi) is 5.20. The Hall–Kier alpha value is -2.27. The molecule has 0 bridgehead atoms. The molecular weight excluding hydrogens is 307 g/mol. The molecule has 0 radical (unpaired) electrons. The summed E-state index contributed by atoms with van der Waals surface area (Å²) >= 11 is 0. The molecule has 1 aromatic heterocycles. The topological polar surface area (TPSA) is 53.4 Å². The van der Waals surface area contributed by atoms with Crippen LogP contribution in [0.5, 0.6) is 0 Å². The first-order valence-corrected chi connectivity index (χ1v) is 8.27. The summed E-state index contributed by atoms with van der Waals surface area (Å²) in [7, 11) is 0. The van der Waals surface area contributed by atoms with Gasteiger partial charge in [0.1, 0.15) is 5.82 Å². The van der Waals surface area contributed by atoms with Gasteiger partial charge < -0.3 is 10.0 Å². The predicted octanol–water partition coefficient (Wildman–Crippen LogP) is 2.80. The molecule has 2 heterocycles. The molecule has 1 saturated heterocycles. The van der Waals surface area contributed by atoms with Crippen LogP contribution in [0.15, 0.2) is 42.7 Å². The van der Waals surface area contributed by atoms with Crippen molar-refractivity contribution in [3.05, 3.63) is 65.2 Å². The lowest BCUT2D eigenvalue weighted by atomic mass is 10.0. The molecule has 1 aliphatic heterocycles. The molecule has 0 spiro atoms. The third-order valence-corrected chi connectivity index (χ3v) is 4.35. The number of amides is 1. The van der Waals surface area contributed by atoms with Crippen LogP contribution < -0.4 is 0 Å². The Morgan fingerprint density at radius 3 is 2.75 bits per heavy atom. The van der Waals surface area contributed by atoms with E-state index in [4.69, 9.17) is 0 Å². The number of aromatic nitrogens is 1. The summed E-state index contributed by atoms with van der Waals surface area (Å²) in [6.07, 6.45) is 5.78. The molecule has 3 rings (SSSR count). The first kappa shape index (κ1) is 16.6. The van der Waals surface area contributed by atoms with Crippen LogP contribution in [-0.4, -0.2) is 40.1 Å². The van der Waals surface area contributed by atoms with Gasteiger partial charge in [-0.25, -0.2) is 4.39 Å². The summed E-state index contributed by atoms with van der Waals surface area (Å²) in [5, 5.41) is 9.71. The van der Waals surface area contributed by atoms with Gasteiger partial charge >= 0.3 is 0 Å². The van der Waals surface area contributed by atoms with Crippen molar-refractivity contribution in [2.24, 2.45) is 0 Å². The number of carbonyl (C=O) groups is 1. The Labute approximate surface area is 141 Å². The number of benzene rings is 1. The fraction of sp³-hybridized carbons (Fsp3) is 0.368. The van der Waals surface area contributed by atoms with Crippen molar-refractivity contribution in [1.82, 2.24) is 9.88 Å². The molecule has 1 amide bonds. The van der Waals surface area contributed by atoms with Crippen molar-refractivity contribution in [2.75, 3.05) is 13.1 Å². The molecule has 5 heteroatoms. The van der Waals surface area contributed by atoms with Crippen LogP contribution in [0.4, 0.5) is 4.39 Å². The van der Waals surface area contributed by atoms with Gasteiger partial charge in [-0.2, -0.15) is 0 Å². The summed E-state index contributed by atoms with van der Waals surface area (Å²) in [5.74, 6) is -0.304. The Morgan fingerprint density at radius 1 is 1.17 bits per heavy atom. The average molecular weight is 328 g/mol. The van der Waals surface area contributed by atoms with Crippen molar-refractivity contribution in [3.8, 4) is 0 Å². The van der Waals surface area contributed by atoms with E-state index >= 15 is 0 Å². The normalized spacial score (nSPS) is 18.2. The van der Waals surface area contributed by atoms with E-state index in [0.29, 0.717) is 31.5 Å². The Bertz CT molecular complexity index is 703. The highest BCUT2D eigenvalue weighted by atomic mass is 19.1. The number of pyridine rings is 1. The Morgan fingerprint density at radius 2 is 1.96 bits per heavy atom. The van der Waals surface area contributed by atoms with Gasteiger partial charge in [0, 0.05) is 25.5 Å². The van der Waals surface area contributed by atoms with Crippen LogP contribution in [0.1, 0.15) is 40.7 Å². The molecule has 0 saturated carbocycles. The molecule has 1 aliphatic rings. The third-order valence-electron chi connectivity index (χ3n) is 4.35. The second-order valence-electron chi connectivity index (χ2n) is 6.26. The van der Waals surface area contributed by atoms with E-state index in [1.165, 1.54) is 12.1 Å². The van der Waals surface area contributed by atoms with Crippen molar-refractivity contribution in [1.29, 1.82) is 0 Å². The second-order valence-corrected chi connectivity index (χ2v) is 6.26. The van der Waals surface area contributed by atoms with Crippen LogP contribution in [0.2, 0.25) is 0 Å². The zero-order chi connectivity index (χ0) is 16.9. The molecule has 1 N–H and O–H groups in total. The molecule has 1 unspecified atom stereocenters. The summed E-state index contributed by atoms with van der Waals surface area (Å²) < 4.78 is 13.0. The van der Waals surface area contributed by atoms with Gasteiger partial charge in [0.15, 0.2) is 0 Å². The van der Waals surface area contributed by atoms with Crippen molar-refractivity contribution in [2.45, 2.75) is 31.8 Å². The maximum atomic E-state index is 13.0. The number of aliphatic hydroxyl groups is 1. The van der Waals surface area contributed by atoms with E-state index in [9.17, 15) is 14.3 Å². The standard InChI is InChI=1S/C19H21FN2O2/c20-17-5-3-14(4-6-17)10-15-11-16(13-21-12-15)19(24)22-8-1-2-18(23)7-9-22/h3-6,11-13,18,23H,1-2,7-10H2. The molecular formula is C19H21FN2O2. The minimum absolute atomic E-state index is 0.0439. The van der Waals surface area contributed by atoms with Crippen LogP contribution in [-0.2, 0) is 6.42 Å². The maximum Gasteiger partial charge on any atom is 0.255 e. The van der Waals surface area contributed by atoms with Crippen molar-refractivity contribution < 1.29 is 14.3 Å². The quantitative estimate of drug-likeness (QED) is 0.943. The largest absolute Gasteiger partial charge is 0.393 e. The highest BCUT2D eigenvalue weighted by molar-refractivity contribution is 5.94.